The number of nitrogens with zero attached hydrogens (tertiary/aromatic N) is 7. The Kier molecular flexibility index (Phi) is 8.21. The summed E-state index contributed by atoms with van der Waals surface area (Å²) in [5.41, 5.74) is 1.55. The van der Waals surface area contributed by atoms with Crippen molar-refractivity contribution in [2.75, 3.05) is 38.5 Å². The number of carbonyl (C=O) groups is 1. The van der Waals surface area contributed by atoms with Gasteiger partial charge in [-0.25, -0.2) is 4.98 Å². The van der Waals surface area contributed by atoms with E-state index < -0.39 is 17.6 Å². The van der Waals surface area contributed by atoms with Crippen LogP contribution in [0, 0.1) is 6.92 Å². The average molecular weight is 617 g/mol. The van der Waals surface area contributed by atoms with Crippen molar-refractivity contribution >= 4 is 22.6 Å². The third-order valence-electron chi connectivity index (χ3n) is 7.81. The lowest BCUT2D eigenvalue weighted by atomic mass is 10.0. The zero-order valence-electron chi connectivity index (χ0n) is 25.0. The van der Waals surface area contributed by atoms with E-state index in [2.05, 4.69) is 30.3 Å². The molecule has 0 aliphatic carbocycles. The second kappa shape index (κ2) is 12.3. The molecule has 0 saturated carbocycles. The van der Waals surface area contributed by atoms with Crippen LogP contribution in [0.4, 0.5) is 18.9 Å². The summed E-state index contributed by atoms with van der Waals surface area (Å²) in [7, 11) is 3.75. The summed E-state index contributed by atoms with van der Waals surface area (Å²) in [6, 6.07) is 12.5. The number of halogens is 3. The Morgan fingerprint density at radius 3 is 2.53 bits per heavy atom. The molecule has 10 nitrogen and oxygen atoms in total. The Labute approximate surface area is 257 Å². The summed E-state index contributed by atoms with van der Waals surface area (Å²) in [5.74, 6) is 0.358. The number of anilines is 1. The highest BCUT2D eigenvalue weighted by Crippen LogP contribution is 2.35. The summed E-state index contributed by atoms with van der Waals surface area (Å²) in [5, 5.41) is 7.48. The van der Waals surface area contributed by atoms with Crippen molar-refractivity contribution in [3.05, 3.63) is 89.4 Å². The zero-order valence-corrected chi connectivity index (χ0v) is 25.0. The van der Waals surface area contributed by atoms with Gasteiger partial charge in [-0.3, -0.25) is 19.4 Å². The van der Waals surface area contributed by atoms with Crippen molar-refractivity contribution in [1.29, 1.82) is 0 Å². The normalized spacial score (nSPS) is 14.5. The summed E-state index contributed by atoms with van der Waals surface area (Å²) >= 11 is 0. The van der Waals surface area contributed by atoms with Crippen LogP contribution < -0.4 is 10.1 Å². The molecule has 0 bridgehead atoms. The maximum Gasteiger partial charge on any atom is 0.416 e. The van der Waals surface area contributed by atoms with Gasteiger partial charge in [-0.2, -0.15) is 23.3 Å². The van der Waals surface area contributed by atoms with Crippen molar-refractivity contribution < 1.29 is 22.7 Å². The first-order valence-electron chi connectivity index (χ1n) is 14.4. The second-order valence-electron chi connectivity index (χ2n) is 11.1. The average Bonchev–Trinajstić information content (AvgIpc) is 3.40. The minimum atomic E-state index is -4.57. The van der Waals surface area contributed by atoms with Gasteiger partial charge in [0.1, 0.15) is 11.1 Å². The van der Waals surface area contributed by atoms with Crippen molar-refractivity contribution in [3.8, 4) is 23.0 Å². The number of hydrogen-bond donors (Lipinski definition) is 1. The van der Waals surface area contributed by atoms with Crippen molar-refractivity contribution in [2.24, 2.45) is 7.05 Å². The van der Waals surface area contributed by atoms with E-state index in [9.17, 15) is 18.0 Å². The van der Waals surface area contributed by atoms with E-state index in [1.807, 2.05) is 18.0 Å². The Hall–Kier alpha value is -4.88. The van der Waals surface area contributed by atoms with Crippen LogP contribution in [0.2, 0.25) is 0 Å². The number of alkyl halides is 3. The number of rotatable bonds is 7. The molecule has 4 heterocycles. The van der Waals surface area contributed by atoms with Crippen LogP contribution in [0.1, 0.15) is 27.0 Å². The molecule has 1 N–H and O–H groups in total. The van der Waals surface area contributed by atoms with Gasteiger partial charge in [0.05, 0.1) is 11.8 Å². The van der Waals surface area contributed by atoms with Crippen LogP contribution in [0.25, 0.3) is 22.4 Å². The number of likely N-dealkylation sites (N-methyl/N-ethyl adjacent to an activating group) is 1. The number of piperazine rings is 1. The van der Waals surface area contributed by atoms with E-state index in [4.69, 9.17) is 4.74 Å². The summed E-state index contributed by atoms with van der Waals surface area (Å²) in [4.78, 5) is 30.9. The minimum Gasteiger partial charge on any atom is -0.438 e. The molecule has 1 aliphatic heterocycles. The number of pyridine rings is 1. The van der Waals surface area contributed by atoms with E-state index in [-0.39, 0.29) is 29.2 Å². The molecule has 2 aromatic carbocycles. The maximum atomic E-state index is 14.1. The molecule has 0 radical (unpaired) electrons. The Bertz CT molecular complexity index is 1850. The lowest BCUT2D eigenvalue weighted by molar-refractivity contribution is -0.138. The topological polar surface area (TPSA) is 101 Å². The number of nitrogens with one attached hydrogen (secondary N) is 1. The van der Waals surface area contributed by atoms with Gasteiger partial charge in [0.2, 0.25) is 5.88 Å². The number of benzene rings is 2. The van der Waals surface area contributed by atoms with E-state index in [1.165, 1.54) is 18.2 Å². The molecule has 5 aromatic rings. The highest BCUT2D eigenvalue weighted by atomic mass is 19.4. The van der Waals surface area contributed by atoms with Gasteiger partial charge < -0.3 is 15.0 Å². The second-order valence-corrected chi connectivity index (χ2v) is 11.1. The van der Waals surface area contributed by atoms with Gasteiger partial charge in [0.25, 0.3) is 5.91 Å². The lowest BCUT2D eigenvalue weighted by Crippen LogP contribution is -2.44. The smallest absolute Gasteiger partial charge is 0.416 e. The van der Waals surface area contributed by atoms with Crippen LogP contribution in [-0.2, 0) is 19.8 Å². The van der Waals surface area contributed by atoms with Gasteiger partial charge in [0.15, 0.2) is 11.5 Å². The zero-order chi connectivity index (χ0) is 31.7. The summed E-state index contributed by atoms with van der Waals surface area (Å²) < 4.78 is 50.1. The molecule has 6 rings (SSSR count). The fourth-order valence-corrected chi connectivity index (χ4v) is 5.22. The monoisotopic (exact) mass is 616 g/mol. The number of amides is 1. The van der Waals surface area contributed by atoms with Gasteiger partial charge in [-0.15, -0.1) is 0 Å². The van der Waals surface area contributed by atoms with E-state index in [1.54, 1.807) is 55.4 Å². The number of aryl methyl sites for hydroxylation is 2. The standard InChI is InChI=1S/C32H31F3N8O2/c1-20-6-9-24(45-31-26-18-37-42(3)29(26)39-28(40-31)21-5-4-10-36-17-21)16-25(20)30(44)38-23-8-7-22(27(15-23)32(33,34)35)19-43-13-11-41(2)12-14-43/h4-10,15-18H,11-14,19H2,1-3H3,(H,38,44). The fourth-order valence-electron chi connectivity index (χ4n) is 5.22. The molecule has 1 aliphatic rings. The van der Waals surface area contributed by atoms with Crippen LogP contribution in [0.3, 0.4) is 0 Å². The Balaban J connectivity index is 1.25. The molecule has 13 heteroatoms. The quantitative estimate of drug-likeness (QED) is 0.254. The van der Waals surface area contributed by atoms with Crippen LogP contribution in [0.15, 0.2) is 67.1 Å². The highest BCUT2D eigenvalue weighted by molar-refractivity contribution is 6.05. The molecule has 1 saturated heterocycles. The molecule has 0 unspecified atom stereocenters. The number of ether oxygens (including phenoxy) is 1. The molecular weight excluding hydrogens is 585 g/mol. The van der Waals surface area contributed by atoms with Crippen LogP contribution in [0.5, 0.6) is 11.6 Å². The van der Waals surface area contributed by atoms with Crippen molar-refractivity contribution in [1.82, 2.24) is 34.5 Å². The lowest BCUT2D eigenvalue weighted by Gasteiger charge is -2.33. The molecule has 3 aromatic heterocycles. The number of carbonyl (C=O) groups excluding carboxylic acids is 1. The van der Waals surface area contributed by atoms with E-state index in [0.29, 0.717) is 46.8 Å². The van der Waals surface area contributed by atoms with Gasteiger partial charge in [-0.1, -0.05) is 12.1 Å². The fraction of sp³-hybridized carbons (Fsp3) is 0.281. The predicted molar refractivity (Wildman–Crippen MR) is 163 cm³/mol. The van der Waals surface area contributed by atoms with Crippen molar-refractivity contribution in [2.45, 2.75) is 19.6 Å². The third kappa shape index (κ3) is 6.64. The number of aromatic nitrogens is 5. The number of fused-ring (bicyclic) bond motifs is 1. The van der Waals surface area contributed by atoms with Gasteiger partial charge in [0, 0.05) is 69.0 Å². The minimum absolute atomic E-state index is 0.0501. The highest BCUT2D eigenvalue weighted by Gasteiger charge is 2.34. The van der Waals surface area contributed by atoms with E-state index in [0.717, 1.165) is 19.2 Å². The van der Waals surface area contributed by atoms with Crippen LogP contribution in [-0.4, -0.2) is 73.7 Å². The molecule has 0 atom stereocenters. The van der Waals surface area contributed by atoms with Gasteiger partial charge in [-0.05, 0) is 61.5 Å². The molecule has 0 spiro atoms. The first kappa shape index (κ1) is 30.2. The summed E-state index contributed by atoms with van der Waals surface area (Å²) in [6.45, 7) is 4.90. The Morgan fingerprint density at radius 2 is 1.80 bits per heavy atom. The van der Waals surface area contributed by atoms with Crippen LogP contribution >= 0.6 is 0 Å². The predicted octanol–water partition coefficient (Wildman–Crippen LogP) is 5.54. The molecule has 232 valence electrons. The molecule has 1 fully saturated rings. The van der Waals surface area contributed by atoms with E-state index >= 15 is 0 Å². The van der Waals surface area contributed by atoms with Gasteiger partial charge >= 0.3 is 6.18 Å². The first-order valence-corrected chi connectivity index (χ1v) is 14.4. The first-order chi connectivity index (χ1) is 21.5. The molecular formula is C32H31F3N8O2. The molecule has 45 heavy (non-hydrogen) atoms. The number of hydrogen-bond acceptors (Lipinski definition) is 8. The summed E-state index contributed by atoms with van der Waals surface area (Å²) in [6.07, 6.45) is 0.301. The SMILES string of the molecule is Cc1ccc(Oc2nc(-c3cccnc3)nc3c2cnn3C)cc1C(=O)Nc1ccc(CN2CCN(C)CC2)c(C(F)(F)F)c1. The maximum absolute atomic E-state index is 14.1. The largest absolute Gasteiger partial charge is 0.438 e. The van der Waals surface area contributed by atoms with Crippen molar-refractivity contribution in [3.63, 3.8) is 0 Å². The molecule has 1 amide bonds. The Morgan fingerprint density at radius 1 is 1.00 bits per heavy atom. The third-order valence-corrected chi connectivity index (χ3v) is 7.81.